The van der Waals surface area contributed by atoms with Gasteiger partial charge in [0, 0.05) is 6.42 Å². The lowest BCUT2D eigenvalue weighted by molar-refractivity contribution is -0.870. The van der Waals surface area contributed by atoms with Crippen LogP contribution in [0.1, 0.15) is 202 Å². The van der Waals surface area contributed by atoms with E-state index in [4.69, 9.17) is 18.5 Å². The molecule has 10 heteroatoms. The molecule has 0 bridgehead atoms. The van der Waals surface area contributed by atoms with E-state index < -0.39 is 20.5 Å². The number of unbranched alkanes of at least 4 members (excludes halogenated alkanes) is 12. The Kier molecular flexibility index (Phi) is 22.0. The molecule has 4 rings (SSSR count). The molecule has 0 amide bonds. The van der Waals surface area contributed by atoms with Gasteiger partial charge in [0.05, 0.1) is 33.7 Å². The second kappa shape index (κ2) is 25.6. The predicted octanol–water partition coefficient (Wildman–Crippen LogP) is 13.4. The maximum Gasteiger partial charge on any atom is 0.472 e. The summed E-state index contributed by atoms with van der Waals surface area (Å²) in [6, 6.07) is 0. The summed E-state index contributed by atoms with van der Waals surface area (Å²) in [6.07, 6.45) is 30.6. The smallest absolute Gasteiger partial charge is 0.462 e. The van der Waals surface area contributed by atoms with Crippen LogP contribution in [0.5, 0.6) is 0 Å². The van der Waals surface area contributed by atoms with Crippen molar-refractivity contribution in [3.63, 3.8) is 0 Å². The molecule has 5 unspecified atom stereocenters. The standard InChI is InChI=1S/C52H94NO8P/c1-10-11-12-13-14-15-16-17-18-19-20-21-22-26-49(54)58-38-44(39-60-62(56,57)59-36-35-53(7,8)9)61-50(55)42-31-33-51(5)43(37-42)27-28-45-47-30-29-46(41(4)25-23-24-40(2)3)52(47,6)34-32-48(45)51/h27,40-42,44-48H,10-26,28-39H2,1-9H3/p+1/t41-,42?,44-,45?,46-,47?,48?,51+,52-/m1/s1. The first-order valence-corrected chi connectivity index (χ1v) is 27.4. The number of likely N-dealkylation sites (N-methyl/N-ethyl adjacent to an activating group) is 1. The third kappa shape index (κ3) is 16.6. The number of esters is 2. The van der Waals surface area contributed by atoms with Crippen molar-refractivity contribution in [3.8, 4) is 0 Å². The molecule has 9 nitrogen and oxygen atoms in total. The van der Waals surface area contributed by atoms with Crippen LogP contribution in [0.25, 0.3) is 0 Å². The van der Waals surface area contributed by atoms with Crippen LogP contribution in [0.15, 0.2) is 11.6 Å². The molecule has 3 saturated carbocycles. The van der Waals surface area contributed by atoms with E-state index in [2.05, 4.69) is 47.6 Å². The van der Waals surface area contributed by atoms with Gasteiger partial charge < -0.3 is 18.9 Å². The minimum Gasteiger partial charge on any atom is -0.462 e. The summed E-state index contributed by atoms with van der Waals surface area (Å²) >= 11 is 0. The van der Waals surface area contributed by atoms with Crippen LogP contribution >= 0.6 is 7.82 Å². The second-order valence-corrected chi connectivity index (χ2v) is 24.0. The molecule has 0 aromatic rings. The molecule has 0 saturated heterocycles. The van der Waals surface area contributed by atoms with E-state index in [0.29, 0.717) is 41.1 Å². The number of ether oxygens (including phenoxy) is 2. The average Bonchev–Trinajstić information content (AvgIpc) is 3.57. The Hall–Kier alpha value is -1.25. The number of rotatable bonds is 30. The monoisotopic (exact) mass is 893 g/mol. The zero-order valence-corrected chi connectivity index (χ0v) is 42.3. The van der Waals surface area contributed by atoms with Gasteiger partial charge >= 0.3 is 19.8 Å². The summed E-state index contributed by atoms with van der Waals surface area (Å²) in [7, 11) is 1.48. The lowest BCUT2D eigenvalue weighted by atomic mass is 9.46. The van der Waals surface area contributed by atoms with Gasteiger partial charge in [0.2, 0.25) is 0 Å². The summed E-state index contributed by atoms with van der Waals surface area (Å²) in [5, 5.41) is 0. The SMILES string of the molecule is CCCCCCCCCCCCCCCC(=O)OC[C@H](COP(=O)(O)OCC[N+](C)(C)C)OC(=O)C1CC[C@@]2(C)C(=CCC3C2CC[C@@]2(C)C3CC[C@@H]2[C@H](C)CCCC(C)C)C1. The summed E-state index contributed by atoms with van der Waals surface area (Å²) in [4.78, 5) is 37.2. The van der Waals surface area contributed by atoms with Gasteiger partial charge in [0.15, 0.2) is 6.10 Å². The van der Waals surface area contributed by atoms with E-state index in [0.717, 1.165) is 62.2 Å². The predicted molar refractivity (Wildman–Crippen MR) is 252 cm³/mol. The number of nitrogens with zero attached hydrogens (tertiary/aromatic N) is 1. The van der Waals surface area contributed by atoms with Crippen LogP contribution in [0.2, 0.25) is 0 Å². The van der Waals surface area contributed by atoms with Crippen molar-refractivity contribution in [1.29, 1.82) is 0 Å². The van der Waals surface area contributed by atoms with Crippen LogP contribution < -0.4 is 0 Å². The Balaban J connectivity index is 1.28. The van der Waals surface area contributed by atoms with Gasteiger partial charge in [-0.05, 0) is 104 Å². The molecule has 0 aromatic heterocycles. The van der Waals surface area contributed by atoms with Gasteiger partial charge in [0.25, 0.3) is 0 Å². The van der Waals surface area contributed by atoms with Gasteiger partial charge in [-0.2, -0.15) is 0 Å². The first kappa shape index (κ1) is 53.4. The molecule has 0 aliphatic heterocycles. The number of fused-ring (bicyclic) bond motifs is 5. The number of allylic oxidation sites excluding steroid dienone is 2. The number of phosphoric ester groups is 1. The fraction of sp³-hybridized carbons (Fsp3) is 0.923. The Bertz CT molecular complexity index is 1430. The molecule has 0 radical (unpaired) electrons. The highest BCUT2D eigenvalue weighted by molar-refractivity contribution is 7.47. The third-order valence-corrected chi connectivity index (χ3v) is 17.3. The van der Waals surface area contributed by atoms with Gasteiger partial charge in [-0.25, -0.2) is 4.57 Å². The van der Waals surface area contributed by atoms with Crippen molar-refractivity contribution in [2.45, 2.75) is 208 Å². The molecule has 4 aliphatic carbocycles. The van der Waals surface area contributed by atoms with E-state index >= 15 is 0 Å². The minimum atomic E-state index is -4.42. The van der Waals surface area contributed by atoms with Gasteiger partial charge in [-0.3, -0.25) is 18.6 Å². The van der Waals surface area contributed by atoms with E-state index in [1.807, 2.05) is 21.1 Å². The normalized spacial score (nSPS) is 29.2. The van der Waals surface area contributed by atoms with Gasteiger partial charge in [-0.1, -0.05) is 150 Å². The first-order valence-electron chi connectivity index (χ1n) is 25.9. The molecular weight excluding hydrogens is 798 g/mol. The quantitative estimate of drug-likeness (QED) is 0.0250. The molecule has 10 atom stereocenters. The Morgan fingerprint density at radius 3 is 2.08 bits per heavy atom. The van der Waals surface area contributed by atoms with Crippen molar-refractivity contribution in [2.24, 2.45) is 52.3 Å². The lowest BCUT2D eigenvalue weighted by Crippen LogP contribution is -2.51. The van der Waals surface area contributed by atoms with Crippen molar-refractivity contribution in [3.05, 3.63) is 11.6 Å². The van der Waals surface area contributed by atoms with E-state index in [9.17, 15) is 19.0 Å². The minimum absolute atomic E-state index is 0.0335. The van der Waals surface area contributed by atoms with Crippen molar-refractivity contribution in [1.82, 2.24) is 0 Å². The van der Waals surface area contributed by atoms with E-state index in [1.165, 1.54) is 115 Å². The molecule has 3 fully saturated rings. The van der Waals surface area contributed by atoms with Crippen LogP contribution in [0, 0.1) is 52.3 Å². The number of hydrogen-bond acceptors (Lipinski definition) is 7. The van der Waals surface area contributed by atoms with Crippen molar-refractivity contribution < 1.29 is 42.1 Å². The van der Waals surface area contributed by atoms with E-state index in [1.54, 1.807) is 0 Å². The highest BCUT2D eigenvalue weighted by Gasteiger charge is 2.59. The zero-order valence-electron chi connectivity index (χ0n) is 41.4. The highest BCUT2D eigenvalue weighted by atomic mass is 31.2. The topological polar surface area (TPSA) is 108 Å². The Morgan fingerprint density at radius 1 is 0.806 bits per heavy atom. The van der Waals surface area contributed by atoms with Crippen LogP contribution in [0.4, 0.5) is 0 Å². The number of quaternary nitrogens is 1. The summed E-state index contributed by atoms with van der Waals surface area (Å²) in [6.45, 7) is 14.5. The molecule has 0 aromatic carbocycles. The number of carbonyl (C=O) groups excluding carboxylic acids is 2. The molecular formula is C52H95NO8P+. The Morgan fingerprint density at radius 2 is 1.45 bits per heavy atom. The molecule has 1 N–H and O–H groups in total. The number of carbonyl (C=O) groups is 2. The maximum atomic E-state index is 13.9. The largest absolute Gasteiger partial charge is 0.472 e. The lowest BCUT2D eigenvalue weighted by Gasteiger charge is -2.58. The summed E-state index contributed by atoms with van der Waals surface area (Å²) in [5.74, 6) is 3.53. The van der Waals surface area contributed by atoms with E-state index in [-0.39, 0.29) is 36.5 Å². The van der Waals surface area contributed by atoms with Crippen molar-refractivity contribution in [2.75, 3.05) is 47.5 Å². The highest BCUT2D eigenvalue weighted by Crippen LogP contribution is 2.67. The fourth-order valence-electron chi connectivity index (χ4n) is 12.5. The third-order valence-electron chi connectivity index (χ3n) is 16.3. The average molecular weight is 893 g/mol. The van der Waals surface area contributed by atoms with Crippen LogP contribution in [-0.4, -0.2) is 74.9 Å². The fourth-order valence-corrected chi connectivity index (χ4v) is 13.2. The number of phosphoric acid groups is 1. The Labute approximate surface area is 380 Å². The first-order chi connectivity index (χ1) is 29.4. The maximum absolute atomic E-state index is 13.9. The molecule has 0 spiro atoms. The molecule has 0 heterocycles. The number of hydrogen-bond donors (Lipinski definition) is 1. The summed E-state index contributed by atoms with van der Waals surface area (Å²) in [5.41, 5.74) is 1.94. The van der Waals surface area contributed by atoms with Gasteiger partial charge in [-0.15, -0.1) is 0 Å². The van der Waals surface area contributed by atoms with Gasteiger partial charge in [0.1, 0.15) is 19.8 Å². The van der Waals surface area contributed by atoms with Crippen LogP contribution in [-0.2, 0) is 32.7 Å². The molecule has 62 heavy (non-hydrogen) atoms. The molecule has 4 aliphatic rings. The zero-order chi connectivity index (χ0) is 45.4. The summed E-state index contributed by atoms with van der Waals surface area (Å²) < 4.78 is 35.6. The molecule has 360 valence electrons. The second-order valence-electron chi connectivity index (χ2n) is 22.6. The van der Waals surface area contributed by atoms with Crippen molar-refractivity contribution >= 4 is 19.8 Å². The van der Waals surface area contributed by atoms with Crippen LogP contribution in [0.3, 0.4) is 0 Å².